The van der Waals surface area contributed by atoms with Gasteiger partial charge in [-0.3, -0.25) is 4.98 Å². The molecule has 0 spiro atoms. The first-order valence-electron chi connectivity index (χ1n) is 6.50. The van der Waals surface area contributed by atoms with Crippen LogP contribution in [-0.4, -0.2) is 11.5 Å². The lowest BCUT2D eigenvalue weighted by Crippen LogP contribution is -2.01. The molecule has 0 aliphatic carbocycles. The number of hydrogen-bond acceptors (Lipinski definition) is 3. The van der Waals surface area contributed by atoms with Crippen LogP contribution in [0, 0.1) is 0 Å². The maximum absolute atomic E-state index is 5.58. The summed E-state index contributed by atoms with van der Waals surface area (Å²) in [5.74, 6) is 0. The Balaban J connectivity index is 2.01. The Morgan fingerprint density at radius 3 is 2.95 bits per heavy atom. The van der Waals surface area contributed by atoms with Gasteiger partial charge in [0.1, 0.15) is 5.58 Å². The van der Waals surface area contributed by atoms with Gasteiger partial charge < -0.3 is 10.2 Å². The number of aryl methyl sites for hydroxylation is 1. The van der Waals surface area contributed by atoms with Gasteiger partial charge in [0.05, 0.1) is 6.26 Å². The number of aromatic nitrogens is 1. The highest BCUT2D eigenvalue weighted by molar-refractivity contribution is 5.93. The summed E-state index contributed by atoms with van der Waals surface area (Å²) in [6.45, 7) is 0.695. The second kappa shape index (κ2) is 5.24. The summed E-state index contributed by atoms with van der Waals surface area (Å²) >= 11 is 0. The highest BCUT2D eigenvalue weighted by atomic mass is 16.3. The Kier molecular flexibility index (Phi) is 3.29. The van der Waals surface area contributed by atoms with E-state index in [0.29, 0.717) is 6.54 Å². The molecule has 2 aromatic heterocycles. The minimum absolute atomic E-state index is 0.695. The van der Waals surface area contributed by atoms with Crippen LogP contribution in [0.25, 0.3) is 22.1 Å². The van der Waals surface area contributed by atoms with Crippen LogP contribution in [-0.2, 0) is 6.42 Å². The fraction of sp³-hybridized carbons (Fsp3) is 0.188. The summed E-state index contributed by atoms with van der Waals surface area (Å²) in [4.78, 5) is 4.38. The molecular weight excluding hydrogens is 236 g/mol. The number of hydrogen-bond donors (Lipinski definition) is 1. The molecule has 3 aromatic rings. The molecule has 0 radical (unpaired) electrons. The smallest absolute Gasteiger partial charge is 0.134 e. The zero-order valence-electron chi connectivity index (χ0n) is 10.7. The summed E-state index contributed by atoms with van der Waals surface area (Å²) < 4.78 is 5.58. The zero-order valence-corrected chi connectivity index (χ0v) is 10.7. The molecule has 3 nitrogen and oxygen atoms in total. The lowest BCUT2D eigenvalue weighted by molar-refractivity contribution is 0.617. The number of para-hydroxylation sites is 1. The van der Waals surface area contributed by atoms with Crippen molar-refractivity contribution in [1.29, 1.82) is 0 Å². The third-order valence-corrected chi connectivity index (χ3v) is 3.25. The molecule has 3 rings (SSSR count). The number of nitrogens with zero attached hydrogens (tertiary/aromatic N) is 1. The van der Waals surface area contributed by atoms with Crippen LogP contribution in [0.5, 0.6) is 0 Å². The van der Waals surface area contributed by atoms with Gasteiger partial charge in [-0.15, -0.1) is 0 Å². The van der Waals surface area contributed by atoms with Crippen molar-refractivity contribution in [2.75, 3.05) is 6.54 Å². The lowest BCUT2D eigenvalue weighted by Gasteiger charge is -2.02. The van der Waals surface area contributed by atoms with E-state index in [2.05, 4.69) is 17.1 Å². The number of nitrogens with two attached hydrogens (primary N) is 1. The topological polar surface area (TPSA) is 52.0 Å². The molecule has 0 fully saturated rings. The minimum Gasteiger partial charge on any atom is -0.464 e. The van der Waals surface area contributed by atoms with Crippen molar-refractivity contribution in [3.63, 3.8) is 0 Å². The van der Waals surface area contributed by atoms with Gasteiger partial charge in [0.2, 0.25) is 0 Å². The van der Waals surface area contributed by atoms with Crippen LogP contribution in [0.15, 0.2) is 53.3 Å². The molecule has 2 heterocycles. The van der Waals surface area contributed by atoms with Crippen molar-refractivity contribution < 1.29 is 4.42 Å². The van der Waals surface area contributed by atoms with E-state index in [9.17, 15) is 0 Å². The zero-order chi connectivity index (χ0) is 13.1. The van der Waals surface area contributed by atoms with E-state index in [1.54, 1.807) is 0 Å². The van der Waals surface area contributed by atoms with E-state index in [0.717, 1.165) is 40.6 Å². The van der Waals surface area contributed by atoms with Gasteiger partial charge in [0.15, 0.2) is 0 Å². The van der Waals surface area contributed by atoms with Crippen LogP contribution in [0.4, 0.5) is 0 Å². The standard InChI is InChI=1S/C16H16N2O/c17-8-3-4-13-10-12(7-9-18-13)15-11-19-16-6-2-1-5-14(15)16/h1-2,5-7,9-11H,3-4,8,17H2. The molecule has 0 amide bonds. The van der Waals surface area contributed by atoms with Gasteiger partial charge in [-0.25, -0.2) is 0 Å². The van der Waals surface area contributed by atoms with Gasteiger partial charge in [0.25, 0.3) is 0 Å². The van der Waals surface area contributed by atoms with Gasteiger partial charge in [-0.1, -0.05) is 18.2 Å². The molecule has 0 unspecified atom stereocenters. The molecule has 0 aliphatic rings. The van der Waals surface area contributed by atoms with Gasteiger partial charge in [-0.2, -0.15) is 0 Å². The van der Waals surface area contributed by atoms with Crippen LogP contribution >= 0.6 is 0 Å². The van der Waals surface area contributed by atoms with Crippen molar-refractivity contribution in [2.45, 2.75) is 12.8 Å². The number of fused-ring (bicyclic) bond motifs is 1. The quantitative estimate of drug-likeness (QED) is 0.774. The highest BCUT2D eigenvalue weighted by Crippen LogP contribution is 2.30. The number of pyridine rings is 1. The minimum atomic E-state index is 0.695. The molecular formula is C16H16N2O. The first-order chi connectivity index (χ1) is 9.38. The highest BCUT2D eigenvalue weighted by Gasteiger charge is 2.08. The van der Waals surface area contributed by atoms with E-state index >= 15 is 0 Å². The second-order valence-electron chi connectivity index (χ2n) is 4.57. The molecule has 96 valence electrons. The fourth-order valence-corrected chi connectivity index (χ4v) is 2.27. The summed E-state index contributed by atoms with van der Waals surface area (Å²) in [6, 6.07) is 12.2. The van der Waals surface area contributed by atoms with Crippen molar-refractivity contribution in [3.8, 4) is 11.1 Å². The van der Waals surface area contributed by atoms with Gasteiger partial charge in [0, 0.05) is 22.8 Å². The predicted octanol–water partition coefficient (Wildman–Crippen LogP) is 3.39. The third kappa shape index (κ3) is 2.37. The van der Waals surface area contributed by atoms with E-state index in [-0.39, 0.29) is 0 Å². The Labute approximate surface area is 112 Å². The molecule has 2 N–H and O–H groups in total. The molecule has 0 atom stereocenters. The maximum atomic E-state index is 5.58. The van der Waals surface area contributed by atoms with Crippen molar-refractivity contribution in [2.24, 2.45) is 5.73 Å². The largest absolute Gasteiger partial charge is 0.464 e. The van der Waals surface area contributed by atoms with Crippen LogP contribution in [0.3, 0.4) is 0 Å². The maximum Gasteiger partial charge on any atom is 0.134 e. The van der Waals surface area contributed by atoms with Crippen LogP contribution in [0.2, 0.25) is 0 Å². The Bertz CT molecular complexity index is 688. The normalized spacial score (nSPS) is 11.0. The predicted molar refractivity (Wildman–Crippen MR) is 76.8 cm³/mol. The molecule has 0 aliphatic heterocycles. The van der Waals surface area contributed by atoms with Crippen molar-refractivity contribution in [1.82, 2.24) is 4.98 Å². The number of rotatable bonds is 4. The summed E-state index contributed by atoms with van der Waals surface area (Å²) in [5, 5.41) is 1.14. The number of benzene rings is 1. The summed E-state index contributed by atoms with van der Waals surface area (Å²) in [7, 11) is 0. The SMILES string of the molecule is NCCCc1cc(-c2coc3ccccc23)ccn1. The molecule has 0 saturated carbocycles. The first kappa shape index (κ1) is 11.9. The van der Waals surface area contributed by atoms with Gasteiger partial charge >= 0.3 is 0 Å². The average Bonchev–Trinajstić information content (AvgIpc) is 2.89. The number of furan rings is 1. The summed E-state index contributed by atoms with van der Waals surface area (Å²) in [6.07, 6.45) is 5.54. The van der Waals surface area contributed by atoms with E-state index in [4.69, 9.17) is 10.2 Å². The van der Waals surface area contributed by atoms with Gasteiger partial charge in [-0.05, 0) is 43.1 Å². The van der Waals surface area contributed by atoms with Crippen LogP contribution < -0.4 is 5.73 Å². The first-order valence-corrected chi connectivity index (χ1v) is 6.50. The Hall–Kier alpha value is -2.13. The monoisotopic (exact) mass is 252 g/mol. The third-order valence-electron chi connectivity index (χ3n) is 3.25. The molecule has 3 heteroatoms. The average molecular weight is 252 g/mol. The molecule has 19 heavy (non-hydrogen) atoms. The second-order valence-corrected chi connectivity index (χ2v) is 4.57. The lowest BCUT2D eigenvalue weighted by atomic mass is 10.0. The Morgan fingerprint density at radius 2 is 2.05 bits per heavy atom. The molecule has 1 aromatic carbocycles. The van der Waals surface area contributed by atoms with E-state index in [1.165, 1.54) is 0 Å². The van der Waals surface area contributed by atoms with Crippen molar-refractivity contribution in [3.05, 3.63) is 54.6 Å². The van der Waals surface area contributed by atoms with E-state index in [1.807, 2.05) is 36.7 Å². The molecule has 0 saturated heterocycles. The van der Waals surface area contributed by atoms with E-state index < -0.39 is 0 Å². The van der Waals surface area contributed by atoms with Crippen LogP contribution in [0.1, 0.15) is 12.1 Å². The molecule has 0 bridgehead atoms. The summed E-state index contributed by atoms with van der Waals surface area (Å²) in [5.41, 5.74) is 9.80. The van der Waals surface area contributed by atoms with Crippen molar-refractivity contribution >= 4 is 11.0 Å². The Morgan fingerprint density at radius 1 is 1.16 bits per heavy atom. The fourth-order valence-electron chi connectivity index (χ4n) is 2.27.